The molecule has 1 unspecified atom stereocenters. The zero-order chi connectivity index (χ0) is 13.6. The summed E-state index contributed by atoms with van der Waals surface area (Å²) >= 11 is 0. The van der Waals surface area contributed by atoms with E-state index in [4.69, 9.17) is 4.74 Å². The van der Waals surface area contributed by atoms with E-state index in [2.05, 4.69) is 4.74 Å². The van der Waals surface area contributed by atoms with Gasteiger partial charge in [-0.05, 0) is 24.1 Å². The molecule has 1 aromatic rings. The first-order valence-corrected chi connectivity index (χ1v) is 5.54. The molecule has 0 aliphatic rings. The van der Waals surface area contributed by atoms with Crippen LogP contribution in [-0.2, 0) is 4.74 Å². The fraction of sp³-hybridized carbons (Fsp3) is 0.500. The van der Waals surface area contributed by atoms with Crippen LogP contribution in [0.1, 0.15) is 25.0 Å². The van der Waals surface area contributed by atoms with Crippen molar-refractivity contribution in [2.75, 3.05) is 13.2 Å². The first-order chi connectivity index (χ1) is 8.42. The summed E-state index contributed by atoms with van der Waals surface area (Å²) in [5.74, 6) is -0.312. The van der Waals surface area contributed by atoms with Gasteiger partial charge in [-0.25, -0.2) is 0 Å². The molecule has 0 fully saturated rings. The highest BCUT2D eigenvalue weighted by Gasteiger charge is 2.31. The molecule has 0 saturated carbocycles. The van der Waals surface area contributed by atoms with Crippen molar-refractivity contribution in [1.82, 2.24) is 0 Å². The van der Waals surface area contributed by atoms with Gasteiger partial charge in [0.05, 0.1) is 6.61 Å². The lowest BCUT2D eigenvalue weighted by Gasteiger charge is -2.13. The maximum atomic E-state index is 11.9. The lowest BCUT2D eigenvalue weighted by atomic mass is 10.1. The molecule has 0 radical (unpaired) electrons. The molecule has 0 amide bonds. The van der Waals surface area contributed by atoms with E-state index >= 15 is 0 Å². The van der Waals surface area contributed by atoms with Crippen LogP contribution in [0.15, 0.2) is 24.3 Å². The van der Waals surface area contributed by atoms with Crippen molar-refractivity contribution in [2.24, 2.45) is 0 Å². The minimum Gasteiger partial charge on any atom is -0.406 e. The molecule has 1 rings (SSSR count). The van der Waals surface area contributed by atoms with Crippen LogP contribution in [0.4, 0.5) is 13.2 Å². The molecule has 0 heterocycles. The quantitative estimate of drug-likeness (QED) is 0.802. The molecule has 1 aromatic carbocycles. The number of benzene rings is 1. The van der Waals surface area contributed by atoms with Crippen LogP contribution in [0.2, 0.25) is 0 Å². The number of rotatable bonds is 6. The zero-order valence-electron chi connectivity index (χ0n) is 9.91. The molecular weight excluding hydrogens is 249 g/mol. The third kappa shape index (κ3) is 5.37. The highest BCUT2D eigenvalue weighted by atomic mass is 19.4. The van der Waals surface area contributed by atoms with Gasteiger partial charge in [0, 0.05) is 6.61 Å². The Morgan fingerprint density at radius 3 is 2.33 bits per heavy atom. The Morgan fingerprint density at radius 2 is 1.83 bits per heavy atom. The van der Waals surface area contributed by atoms with E-state index in [0.29, 0.717) is 12.2 Å². The maximum Gasteiger partial charge on any atom is 0.573 e. The Hall–Kier alpha value is -1.27. The van der Waals surface area contributed by atoms with Crippen molar-refractivity contribution in [1.29, 1.82) is 0 Å². The summed E-state index contributed by atoms with van der Waals surface area (Å²) in [6, 6.07) is 5.07. The molecule has 3 nitrogen and oxygen atoms in total. The molecule has 0 spiro atoms. The largest absolute Gasteiger partial charge is 0.573 e. The summed E-state index contributed by atoms with van der Waals surface area (Å²) in [4.78, 5) is 0. The Kier molecular flexibility index (Phi) is 5.43. The van der Waals surface area contributed by atoms with Crippen LogP contribution < -0.4 is 4.74 Å². The van der Waals surface area contributed by atoms with E-state index in [1.807, 2.05) is 6.92 Å². The number of hydrogen-bond acceptors (Lipinski definition) is 3. The summed E-state index contributed by atoms with van der Waals surface area (Å²) in [5.41, 5.74) is 0.487. The number of aliphatic hydroxyl groups excluding tert-OH is 1. The number of hydrogen-bond donors (Lipinski definition) is 1. The van der Waals surface area contributed by atoms with Crippen LogP contribution in [0.5, 0.6) is 5.75 Å². The van der Waals surface area contributed by atoms with Gasteiger partial charge in [0.1, 0.15) is 11.9 Å². The predicted molar refractivity (Wildman–Crippen MR) is 59.2 cm³/mol. The summed E-state index contributed by atoms with van der Waals surface area (Å²) in [7, 11) is 0. The third-order valence-corrected chi connectivity index (χ3v) is 2.12. The van der Waals surface area contributed by atoms with Gasteiger partial charge in [-0.3, -0.25) is 0 Å². The van der Waals surface area contributed by atoms with Crippen molar-refractivity contribution in [3.8, 4) is 5.75 Å². The van der Waals surface area contributed by atoms with E-state index in [9.17, 15) is 18.3 Å². The maximum absolute atomic E-state index is 11.9. The minimum absolute atomic E-state index is 0.118. The highest BCUT2D eigenvalue weighted by molar-refractivity contribution is 5.28. The van der Waals surface area contributed by atoms with Gasteiger partial charge in [-0.2, -0.15) is 0 Å². The molecule has 0 aliphatic carbocycles. The van der Waals surface area contributed by atoms with Crippen LogP contribution >= 0.6 is 0 Å². The van der Waals surface area contributed by atoms with E-state index in [0.717, 1.165) is 18.6 Å². The Morgan fingerprint density at radius 1 is 1.22 bits per heavy atom. The molecular formula is C12H15F3O3. The molecule has 0 aliphatic heterocycles. The van der Waals surface area contributed by atoms with E-state index in [1.165, 1.54) is 12.1 Å². The molecule has 0 saturated heterocycles. The molecule has 0 bridgehead atoms. The second-order valence-electron chi connectivity index (χ2n) is 3.71. The zero-order valence-corrected chi connectivity index (χ0v) is 9.91. The average molecular weight is 264 g/mol. The molecule has 1 N–H and O–H groups in total. The Labute approximate surface area is 103 Å². The summed E-state index contributed by atoms with van der Waals surface area (Å²) < 4.78 is 44.6. The molecule has 0 aromatic heterocycles. The smallest absolute Gasteiger partial charge is 0.406 e. The molecule has 6 heteroatoms. The fourth-order valence-corrected chi connectivity index (χ4v) is 1.33. The summed E-state index contributed by atoms with van der Waals surface area (Å²) in [6.45, 7) is 2.59. The minimum atomic E-state index is -4.70. The van der Waals surface area contributed by atoms with Crippen molar-refractivity contribution >= 4 is 0 Å². The lowest BCUT2D eigenvalue weighted by Crippen LogP contribution is -2.17. The number of halogens is 3. The number of alkyl halides is 3. The molecule has 1 atom stereocenters. The molecule has 18 heavy (non-hydrogen) atoms. The molecule has 102 valence electrons. The van der Waals surface area contributed by atoms with Crippen molar-refractivity contribution in [2.45, 2.75) is 25.8 Å². The van der Waals surface area contributed by atoms with Gasteiger partial charge in [-0.1, -0.05) is 19.1 Å². The van der Waals surface area contributed by atoms with E-state index in [-0.39, 0.29) is 12.4 Å². The Balaban J connectivity index is 2.54. The van der Waals surface area contributed by atoms with Crippen LogP contribution in [0.25, 0.3) is 0 Å². The first-order valence-electron chi connectivity index (χ1n) is 5.54. The van der Waals surface area contributed by atoms with Gasteiger partial charge in [0.15, 0.2) is 0 Å². The monoisotopic (exact) mass is 264 g/mol. The highest BCUT2D eigenvalue weighted by Crippen LogP contribution is 2.24. The standard InChI is InChI=1S/C12H15F3O3/c1-2-7-17-8-11(16)9-3-5-10(6-4-9)18-12(13,14)15/h3-6,11,16H,2,7-8H2,1H3. The van der Waals surface area contributed by atoms with Crippen LogP contribution in [0, 0.1) is 0 Å². The van der Waals surface area contributed by atoms with Gasteiger partial charge >= 0.3 is 6.36 Å². The second-order valence-corrected chi connectivity index (χ2v) is 3.71. The predicted octanol–water partition coefficient (Wildman–Crippen LogP) is 3.05. The average Bonchev–Trinajstić information content (AvgIpc) is 2.28. The van der Waals surface area contributed by atoms with Gasteiger partial charge < -0.3 is 14.6 Å². The number of ether oxygens (including phenoxy) is 2. The third-order valence-electron chi connectivity index (χ3n) is 2.12. The second kappa shape index (κ2) is 6.61. The Bertz CT molecular complexity index is 349. The summed E-state index contributed by atoms with van der Waals surface area (Å²) in [6.07, 6.45) is -4.72. The lowest BCUT2D eigenvalue weighted by molar-refractivity contribution is -0.274. The summed E-state index contributed by atoms with van der Waals surface area (Å²) in [5, 5.41) is 9.68. The van der Waals surface area contributed by atoms with E-state index < -0.39 is 12.5 Å². The van der Waals surface area contributed by atoms with E-state index in [1.54, 1.807) is 0 Å². The normalized spacial score (nSPS) is 13.4. The fourth-order valence-electron chi connectivity index (χ4n) is 1.33. The van der Waals surface area contributed by atoms with Crippen LogP contribution in [0.3, 0.4) is 0 Å². The van der Waals surface area contributed by atoms with Gasteiger partial charge in [0.2, 0.25) is 0 Å². The van der Waals surface area contributed by atoms with Crippen molar-refractivity contribution in [3.63, 3.8) is 0 Å². The SMILES string of the molecule is CCCOCC(O)c1ccc(OC(F)(F)F)cc1. The van der Waals surface area contributed by atoms with Crippen LogP contribution in [-0.4, -0.2) is 24.7 Å². The van der Waals surface area contributed by atoms with Gasteiger partial charge in [-0.15, -0.1) is 13.2 Å². The van der Waals surface area contributed by atoms with Gasteiger partial charge in [0.25, 0.3) is 0 Å². The topological polar surface area (TPSA) is 38.7 Å². The first kappa shape index (κ1) is 14.8. The van der Waals surface area contributed by atoms with Crippen molar-refractivity contribution in [3.05, 3.63) is 29.8 Å². The number of aliphatic hydroxyl groups is 1. The van der Waals surface area contributed by atoms with Crippen molar-refractivity contribution < 1.29 is 27.8 Å².